The van der Waals surface area contributed by atoms with Crippen molar-refractivity contribution in [2.75, 3.05) is 0 Å². The van der Waals surface area contributed by atoms with Crippen molar-refractivity contribution in [1.29, 1.82) is 0 Å². The molecule has 4 heterocycles. The zero-order chi connectivity index (χ0) is 64.0. The topological polar surface area (TPSA) is 38.9 Å². The molecule has 0 saturated heterocycles. The Hall–Kier alpha value is -9.00. The van der Waals surface area contributed by atoms with Crippen molar-refractivity contribution in [3.8, 4) is 22.5 Å². The summed E-state index contributed by atoms with van der Waals surface area (Å²) in [6.07, 6.45) is 0. The van der Waals surface area contributed by atoms with E-state index >= 15 is 0 Å². The van der Waals surface area contributed by atoms with E-state index < -0.39 is 0 Å². The van der Waals surface area contributed by atoms with Crippen LogP contribution in [0.15, 0.2) is 271 Å². The standard InChI is InChI=1S/C19H16N2S.C15H14O.C15H14S.C15H16.C13H14.C9H12/c1-12(2)16-18-17(14-10-6-7-11-15(14)22-18)21-19(20-16)13-8-4-3-5-9-13;2*1-10(2)11-7-5-9-14-15(11)12-6-3-4-8-13(12)16-14;1-12(2)13-8-10-15(11-9-13)14-6-4-3-5-7-14;1-10(2)12-8-7-11-5-3-4-6-13(11)9-12;1-8(2)9-6-4-3-5-7-9/h3-12H,1-2H3;2*3-10H,1-2H3;3-12H,1-2H3;3-10H,1-2H3;3-8H,1-2H3. The van der Waals surface area contributed by atoms with Crippen molar-refractivity contribution >= 4 is 95.9 Å². The van der Waals surface area contributed by atoms with Gasteiger partial charge in [0.2, 0.25) is 0 Å². The zero-order valence-corrected chi connectivity index (χ0v) is 56.6. The first-order valence-electron chi connectivity index (χ1n) is 32.4. The van der Waals surface area contributed by atoms with Crippen molar-refractivity contribution < 1.29 is 4.42 Å². The highest BCUT2D eigenvalue weighted by atomic mass is 32.1. The number of nitrogens with zero attached hydrogens (tertiary/aromatic N) is 2. The predicted octanol–water partition coefficient (Wildman–Crippen LogP) is 26.8. The number of fused-ring (bicyclic) bond motifs is 10. The number of hydrogen-bond donors (Lipinski definition) is 0. The van der Waals surface area contributed by atoms with E-state index in [4.69, 9.17) is 14.4 Å². The number of thiophene rings is 2. The fourth-order valence-electron chi connectivity index (χ4n) is 11.4. The predicted molar refractivity (Wildman–Crippen MR) is 400 cm³/mol. The minimum absolute atomic E-state index is 0.376. The van der Waals surface area contributed by atoms with Crippen LogP contribution in [0.5, 0.6) is 0 Å². The van der Waals surface area contributed by atoms with Gasteiger partial charge >= 0.3 is 0 Å². The largest absolute Gasteiger partial charge is 0.456 e. The van der Waals surface area contributed by atoms with Crippen molar-refractivity contribution in [1.82, 2.24) is 9.97 Å². The molecule has 0 fully saturated rings. The van der Waals surface area contributed by atoms with E-state index in [1.807, 2.05) is 59.9 Å². The lowest BCUT2D eigenvalue weighted by atomic mass is 9.97. The molecule has 0 aliphatic rings. The summed E-state index contributed by atoms with van der Waals surface area (Å²) in [6.45, 7) is 26.7. The first-order valence-corrected chi connectivity index (χ1v) is 34.0. The summed E-state index contributed by atoms with van der Waals surface area (Å²) < 4.78 is 11.1. The van der Waals surface area contributed by atoms with Gasteiger partial charge in [-0.05, 0) is 116 Å². The molecule has 0 saturated carbocycles. The van der Waals surface area contributed by atoms with Gasteiger partial charge in [-0.25, -0.2) is 9.97 Å². The molecule has 3 nitrogen and oxygen atoms in total. The number of benzene rings is 11. The molecule has 0 spiro atoms. The smallest absolute Gasteiger partial charge is 0.160 e. The van der Waals surface area contributed by atoms with Gasteiger partial charge in [0.1, 0.15) is 11.2 Å². The van der Waals surface area contributed by atoms with Gasteiger partial charge in [0, 0.05) is 46.6 Å². The molecule has 0 aliphatic heterocycles. The van der Waals surface area contributed by atoms with Gasteiger partial charge in [-0.3, -0.25) is 0 Å². The van der Waals surface area contributed by atoms with Gasteiger partial charge in [-0.1, -0.05) is 320 Å². The fourth-order valence-corrected chi connectivity index (χ4v) is 13.8. The van der Waals surface area contributed by atoms with E-state index in [-0.39, 0.29) is 0 Å². The van der Waals surface area contributed by atoms with E-state index in [0.717, 1.165) is 33.8 Å². The van der Waals surface area contributed by atoms with Crippen LogP contribution in [0.3, 0.4) is 0 Å². The Labute approximate surface area is 548 Å². The van der Waals surface area contributed by atoms with Gasteiger partial charge in [0.25, 0.3) is 0 Å². The number of furan rings is 1. The van der Waals surface area contributed by atoms with E-state index in [0.29, 0.717) is 35.5 Å². The maximum atomic E-state index is 5.84. The second-order valence-corrected chi connectivity index (χ2v) is 27.3. The Morgan fingerprint density at radius 3 is 1.36 bits per heavy atom. The van der Waals surface area contributed by atoms with Crippen LogP contribution in [0.2, 0.25) is 0 Å². The van der Waals surface area contributed by atoms with Crippen LogP contribution in [0.4, 0.5) is 0 Å². The van der Waals surface area contributed by atoms with Gasteiger partial charge in [-0.15, -0.1) is 22.7 Å². The Kier molecular flexibility index (Phi) is 21.9. The fraction of sp³-hybridized carbons (Fsp3) is 0.209. The molecule has 458 valence electrons. The highest BCUT2D eigenvalue weighted by molar-refractivity contribution is 7.26. The molecule has 0 unspecified atom stereocenters. The van der Waals surface area contributed by atoms with Gasteiger partial charge in [-0.2, -0.15) is 0 Å². The molecule has 4 aromatic heterocycles. The van der Waals surface area contributed by atoms with Crippen LogP contribution in [0, 0.1) is 0 Å². The molecule has 91 heavy (non-hydrogen) atoms. The number of para-hydroxylation sites is 1. The van der Waals surface area contributed by atoms with E-state index in [1.54, 1.807) is 11.3 Å². The Morgan fingerprint density at radius 2 is 0.758 bits per heavy atom. The summed E-state index contributed by atoms with van der Waals surface area (Å²) >= 11 is 3.69. The minimum atomic E-state index is 0.376. The second kappa shape index (κ2) is 30.7. The monoisotopic (exact) mass is 1230 g/mol. The molecule has 0 atom stereocenters. The molecule has 5 heteroatoms. The molecule has 15 aromatic rings. The number of rotatable bonds is 8. The molecular formula is C86H86N2OS2. The third kappa shape index (κ3) is 16.0. The summed E-state index contributed by atoms with van der Waals surface area (Å²) in [4.78, 5) is 9.74. The normalized spacial score (nSPS) is 11.2. The van der Waals surface area contributed by atoms with Crippen LogP contribution < -0.4 is 0 Å². The van der Waals surface area contributed by atoms with Crippen LogP contribution in [0.25, 0.3) is 95.7 Å². The summed E-state index contributed by atoms with van der Waals surface area (Å²) in [6, 6.07) is 93.6. The molecule has 0 aliphatic carbocycles. The lowest BCUT2D eigenvalue weighted by molar-refractivity contribution is 0.668. The maximum Gasteiger partial charge on any atom is 0.160 e. The lowest BCUT2D eigenvalue weighted by Crippen LogP contribution is -1.98. The highest BCUT2D eigenvalue weighted by Gasteiger charge is 2.18. The Morgan fingerprint density at radius 1 is 0.297 bits per heavy atom. The summed E-state index contributed by atoms with van der Waals surface area (Å²) in [5.41, 5.74) is 14.9. The van der Waals surface area contributed by atoms with Crippen LogP contribution in [-0.4, -0.2) is 9.97 Å². The first-order chi connectivity index (χ1) is 44.1. The average Bonchev–Trinajstić information content (AvgIpc) is 1.66. The summed E-state index contributed by atoms with van der Waals surface area (Å²) in [5, 5.41) is 9.25. The molecular weight excluding hydrogens is 1140 g/mol. The van der Waals surface area contributed by atoms with Crippen LogP contribution in [-0.2, 0) is 0 Å². The van der Waals surface area contributed by atoms with E-state index in [1.165, 1.54) is 95.4 Å². The molecule has 0 radical (unpaired) electrons. The zero-order valence-electron chi connectivity index (χ0n) is 55.0. The third-order valence-electron chi connectivity index (χ3n) is 16.5. The van der Waals surface area contributed by atoms with Crippen molar-refractivity contribution in [3.05, 3.63) is 300 Å². The number of aromatic nitrogens is 2. The van der Waals surface area contributed by atoms with Gasteiger partial charge in [0.15, 0.2) is 5.82 Å². The number of hydrogen-bond acceptors (Lipinski definition) is 5. The minimum Gasteiger partial charge on any atom is -0.456 e. The highest BCUT2D eigenvalue weighted by Crippen LogP contribution is 2.40. The third-order valence-corrected chi connectivity index (χ3v) is 18.8. The lowest BCUT2D eigenvalue weighted by Gasteiger charge is -2.08. The van der Waals surface area contributed by atoms with Crippen molar-refractivity contribution in [2.45, 2.75) is 119 Å². The van der Waals surface area contributed by atoms with Crippen molar-refractivity contribution in [2.24, 2.45) is 0 Å². The van der Waals surface area contributed by atoms with E-state index in [9.17, 15) is 0 Å². The molecule has 0 N–H and O–H groups in total. The summed E-state index contributed by atoms with van der Waals surface area (Å²) in [7, 11) is 0. The molecule has 15 rings (SSSR count). The SMILES string of the molecule is CC(C)c1ccc(-c2ccccc2)cc1.CC(C)c1ccc2ccccc2c1.CC(C)c1cccc2oc3ccccc3c12.CC(C)c1cccc2sc3ccccc3c12.CC(C)c1ccccc1.CC(C)c1nc(-c2ccccc2)nc2c1sc1ccccc12. The molecule has 0 bridgehead atoms. The summed E-state index contributed by atoms with van der Waals surface area (Å²) in [5.74, 6) is 4.18. The van der Waals surface area contributed by atoms with Gasteiger partial charge in [0.05, 0.1) is 15.9 Å². The quantitative estimate of drug-likeness (QED) is 0.152. The first kappa shape index (κ1) is 65.0. The average molecular weight is 1230 g/mol. The second-order valence-electron chi connectivity index (χ2n) is 25.1. The van der Waals surface area contributed by atoms with Crippen LogP contribution >= 0.6 is 22.7 Å². The van der Waals surface area contributed by atoms with E-state index in [2.05, 4.69) is 301 Å². The van der Waals surface area contributed by atoms with Gasteiger partial charge < -0.3 is 4.42 Å². The van der Waals surface area contributed by atoms with Crippen LogP contribution in [0.1, 0.15) is 152 Å². The molecule has 11 aromatic carbocycles. The Balaban J connectivity index is 0.000000122. The Bertz CT molecular complexity index is 4640. The van der Waals surface area contributed by atoms with Crippen molar-refractivity contribution in [3.63, 3.8) is 0 Å². The molecule has 0 amide bonds. The maximum absolute atomic E-state index is 5.84.